The maximum absolute atomic E-state index is 14.3. The van der Waals surface area contributed by atoms with Crippen molar-refractivity contribution in [3.8, 4) is 0 Å². The van der Waals surface area contributed by atoms with Crippen molar-refractivity contribution >= 4 is 22.0 Å². The molecule has 0 amide bonds. The van der Waals surface area contributed by atoms with Crippen LogP contribution in [0, 0.1) is 0 Å². The van der Waals surface area contributed by atoms with Crippen molar-refractivity contribution in [3.63, 3.8) is 0 Å². The second-order valence-electron chi connectivity index (χ2n) is 9.21. The Morgan fingerprint density at radius 1 is 0.462 bits per heavy atom. The first-order valence-electron chi connectivity index (χ1n) is 13.2. The van der Waals surface area contributed by atoms with E-state index in [1.54, 1.807) is 0 Å². The van der Waals surface area contributed by atoms with Gasteiger partial charge in [-0.25, -0.2) is 8.42 Å². The van der Waals surface area contributed by atoms with Gasteiger partial charge >= 0.3 is 0 Å². The van der Waals surface area contributed by atoms with Crippen molar-refractivity contribution in [2.24, 2.45) is 0 Å². The van der Waals surface area contributed by atoms with E-state index in [2.05, 4.69) is 12.2 Å². The minimum Gasteiger partial charge on any atom is -0.227 e. The summed E-state index contributed by atoms with van der Waals surface area (Å²) in [6, 6.07) is 39.1. The Hall–Kier alpha value is -4.21. The molecule has 0 aliphatic heterocycles. The summed E-state index contributed by atoms with van der Waals surface area (Å²) >= 11 is 0. The molecule has 4 aromatic carbocycles. The summed E-state index contributed by atoms with van der Waals surface area (Å²) in [6.45, 7) is 0. The van der Waals surface area contributed by atoms with E-state index in [0.29, 0.717) is 12.8 Å². The van der Waals surface area contributed by atoms with Crippen LogP contribution < -0.4 is 0 Å². The normalized spacial score (nSPS) is 13.9. The summed E-state index contributed by atoms with van der Waals surface area (Å²) in [6.07, 6.45) is 17.0. The third-order valence-corrected chi connectivity index (χ3v) is 8.62. The predicted molar refractivity (Wildman–Crippen MR) is 166 cm³/mol. The third kappa shape index (κ3) is 8.39. The van der Waals surface area contributed by atoms with Crippen LogP contribution in [-0.2, 0) is 9.84 Å². The van der Waals surface area contributed by atoms with E-state index in [1.165, 1.54) is 0 Å². The van der Waals surface area contributed by atoms with Gasteiger partial charge in [0.05, 0.1) is 0 Å². The Balaban J connectivity index is 1.58. The van der Waals surface area contributed by atoms with Gasteiger partial charge in [0.2, 0.25) is 0 Å². The third-order valence-electron chi connectivity index (χ3n) is 6.35. The summed E-state index contributed by atoms with van der Waals surface area (Å²) in [7, 11) is -3.67. The molecule has 2 atom stereocenters. The van der Waals surface area contributed by atoms with E-state index in [1.807, 2.05) is 158 Å². The Kier molecular flexibility index (Phi) is 10.5. The average Bonchev–Trinajstić information content (AvgIpc) is 2.98. The lowest BCUT2D eigenvalue weighted by Crippen LogP contribution is -2.19. The second-order valence-corrected chi connectivity index (χ2v) is 11.4. The first-order chi connectivity index (χ1) is 19.1. The lowest BCUT2D eigenvalue weighted by atomic mass is 10.1. The molecule has 4 rings (SSSR count). The number of sulfone groups is 1. The van der Waals surface area contributed by atoms with Crippen LogP contribution in [0.4, 0.5) is 0 Å². The fourth-order valence-electron chi connectivity index (χ4n) is 4.36. The number of rotatable bonds is 12. The highest BCUT2D eigenvalue weighted by atomic mass is 32.2. The van der Waals surface area contributed by atoms with Gasteiger partial charge in [-0.2, -0.15) is 0 Å². The lowest BCUT2D eigenvalue weighted by molar-refractivity contribution is 0.584. The monoisotopic (exact) mass is 530 g/mol. The summed E-state index contributed by atoms with van der Waals surface area (Å²) < 4.78 is 28.5. The summed E-state index contributed by atoms with van der Waals surface area (Å²) in [4.78, 5) is 0. The molecule has 0 N–H and O–H groups in total. The standard InChI is InChI=1S/C36H34O2S/c37-39(38,35(33-25-13-5-14-26-33)29-17-3-11-23-31-19-7-1-8-20-31)36(34-27-15-6-16-28-34)30-18-4-12-24-32-21-9-2-10-22-32/h1-2,5-30,35-36H,3-4H2/b23-11+,24-12+,29-17+,30-18+. The molecular formula is C36H34O2S. The van der Waals surface area contributed by atoms with Crippen LogP contribution in [0.2, 0.25) is 0 Å². The van der Waals surface area contributed by atoms with Gasteiger partial charge in [-0.15, -0.1) is 0 Å². The molecule has 0 heterocycles. The molecule has 0 aliphatic carbocycles. The van der Waals surface area contributed by atoms with Gasteiger partial charge in [0, 0.05) is 0 Å². The summed E-state index contributed by atoms with van der Waals surface area (Å²) in [5.41, 5.74) is 3.76. The second kappa shape index (κ2) is 14.7. The van der Waals surface area contributed by atoms with E-state index < -0.39 is 20.3 Å². The van der Waals surface area contributed by atoms with E-state index in [-0.39, 0.29) is 0 Å². The van der Waals surface area contributed by atoms with Crippen molar-refractivity contribution < 1.29 is 8.42 Å². The van der Waals surface area contributed by atoms with Crippen LogP contribution in [0.3, 0.4) is 0 Å². The van der Waals surface area contributed by atoms with Crippen molar-refractivity contribution in [3.05, 3.63) is 180 Å². The molecular weight excluding hydrogens is 496 g/mol. The molecule has 2 unspecified atom stereocenters. The van der Waals surface area contributed by atoms with E-state index in [4.69, 9.17) is 0 Å². The minimum absolute atomic E-state index is 0.643. The molecule has 0 saturated carbocycles. The maximum atomic E-state index is 14.3. The van der Waals surface area contributed by atoms with Crippen LogP contribution >= 0.6 is 0 Å². The van der Waals surface area contributed by atoms with Crippen molar-refractivity contribution in [1.29, 1.82) is 0 Å². The quantitative estimate of drug-likeness (QED) is 0.171. The topological polar surface area (TPSA) is 34.1 Å². The van der Waals surface area contributed by atoms with Gasteiger partial charge in [0.25, 0.3) is 0 Å². The molecule has 0 radical (unpaired) electrons. The van der Waals surface area contributed by atoms with Crippen LogP contribution in [0.5, 0.6) is 0 Å². The first-order valence-corrected chi connectivity index (χ1v) is 14.8. The fraction of sp³-hybridized carbons (Fsp3) is 0.111. The molecule has 0 aromatic heterocycles. The highest BCUT2D eigenvalue weighted by molar-refractivity contribution is 7.92. The van der Waals surface area contributed by atoms with Gasteiger partial charge in [-0.3, -0.25) is 0 Å². The first kappa shape index (κ1) is 27.8. The summed E-state index contributed by atoms with van der Waals surface area (Å²) in [5, 5.41) is -1.53. The number of allylic oxidation sites excluding steroid dienone is 4. The van der Waals surface area contributed by atoms with Crippen LogP contribution in [0.15, 0.2) is 158 Å². The maximum Gasteiger partial charge on any atom is 0.171 e. The van der Waals surface area contributed by atoms with E-state index in [9.17, 15) is 8.42 Å². The Morgan fingerprint density at radius 2 is 0.795 bits per heavy atom. The van der Waals surface area contributed by atoms with Crippen molar-refractivity contribution in [2.75, 3.05) is 0 Å². The molecule has 3 heteroatoms. The van der Waals surface area contributed by atoms with Gasteiger partial charge in [-0.1, -0.05) is 170 Å². The van der Waals surface area contributed by atoms with Crippen LogP contribution in [-0.4, -0.2) is 8.42 Å². The highest BCUT2D eigenvalue weighted by Gasteiger charge is 2.33. The molecule has 0 saturated heterocycles. The molecule has 0 spiro atoms. The predicted octanol–water partition coefficient (Wildman–Crippen LogP) is 9.20. The average molecular weight is 531 g/mol. The number of hydrogen-bond acceptors (Lipinski definition) is 2. The summed E-state index contributed by atoms with van der Waals surface area (Å²) in [5.74, 6) is 0. The van der Waals surface area contributed by atoms with Gasteiger partial charge in [-0.05, 0) is 35.1 Å². The molecule has 2 nitrogen and oxygen atoms in total. The van der Waals surface area contributed by atoms with Gasteiger partial charge in [0.15, 0.2) is 9.84 Å². The zero-order chi connectivity index (χ0) is 27.2. The van der Waals surface area contributed by atoms with Crippen molar-refractivity contribution in [1.82, 2.24) is 0 Å². The van der Waals surface area contributed by atoms with Crippen LogP contribution in [0.1, 0.15) is 45.6 Å². The molecule has 0 aliphatic rings. The zero-order valence-corrected chi connectivity index (χ0v) is 22.8. The van der Waals surface area contributed by atoms with Crippen LogP contribution in [0.25, 0.3) is 12.2 Å². The molecule has 0 bridgehead atoms. The Labute approximate surface area is 233 Å². The fourth-order valence-corrected chi connectivity index (χ4v) is 6.41. The smallest absolute Gasteiger partial charge is 0.171 e. The van der Waals surface area contributed by atoms with Crippen molar-refractivity contribution in [2.45, 2.75) is 23.3 Å². The number of benzene rings is 4. The highest BCUT2D eigenvalue weighted by Crippen LogP contribution is 2.36. The van der Waals surface area contributed by atoms with E-state index in [0.717, 1.165) is 22.3 Å². The van der Waals surface area contributed by atoms with Gasteiger partial charge < -0.3 is 0 Å². The molecule has 196 valence electrons. The van der Waals surface area contributed by atoms with E-state index >= 15 is 0 Å². The molecule has 4 aromatic rings. The zero-order valence-electron chi connectivity index (χ0n) is 22.0. The Bertz CT molecular complexity index is 1370. The van der Waals surface area contributed by atoms with Gasteiger partial charge in [0.1, 0.15) is 10.5 Å². The molecule has 39 heavy (non-hydrogen) atoms. The Morgan fingerprint density at radius 3 is 1.15 bits per heavy atom. The minimum atomic E-state index is -3.67. The lowest BCUT2D eigenvalue weighted by Gasteiger charge is -2.21. The SMILES string of the molecule is O=S(=O)(C(/C=C/C/C=C/c1ccccc1)c1ccccc1)C(/C=C/C/C=C/c1ccccc1)c1ccccc1. The number of hydrogen-bond donors (Lipinski definition) is 0. The molecule has 0 fully saturated rings. The largest absolute Gasteiger partial charge is 0.227 e.